The van der Waals surface area contributed by atoms with Crippen molar-refractivity contribution in [3.8, 4) is 11.3 Å². The third kappa shape index (κ3) is 6.97. The number of benzene rings is 1. The molecule has 1 saturated carbocycles. The summed E-state index contributed by atoms with van der Waals surface area (Å²) in [6.07, 6.45) is 15.4. The number of halogens is 1. The Morgan fingerprint density at radius 3 is 2.59 bits per heavy atom. The van der Waals surface area contributed by atoms with Crippen LogP contribution < -0.4 is 5.32 Å². The topological polar surface area (TPSA) is 40.7 Å². The number of unbranched alkanes of at least 4 members (excludes halogenated alkanes) is 3. The van der Waals surface area contributed by atoms with E-state index in [1.54, 1.807) is 0 Å². The van der Waals surface area contributed by atoms with Crippen LogP contribution in [0.15, 0.2) is 36.5 Å². The van der Waals surface area contributed by atoms with E-state index in [0.717, 1.165) is 24.0 Å². The van der Waals surface area contributed by atoms with E-state index in [1.165, 1.54) is 69.8 Å². The molecule has 1 aromatic carbocycles. The van der Waals surface area contributed by atoms with Crippen LogP contribution in [0.4, 0.5) is 0 Å². The molecule has 2 aromatic rings. The lowest BCUT2D eigenvalue weighted by molar-refractivity contribution is 0.318. The summed E-state index contributed by atoms with van der Waals surface area (Å²) in [4.78, 5) is 8.32. The first-order valence-electron chi connectivity index (χ1n) is 10.7. The maximum absolute atomic E-state index is 4.74. The average Bonchev–Trinajstić information content (AvgIpc) is 3.19. The lowest BCUT2D eigenvalue weighted by Crippen LogP contribution is -2.29. The van der Waals surface area contributed by atoms with Gasteiger partial charge in [0, 0.05) is 0 Å². The van der Waals surface area contributed by atoms with Gasteiger partial charge in [-0.25, -0.2) is 4.98 Å². The fourth-order valence-corrected chi connectivity index (χ4v) is 4.09. The Bertz CT molecular complexity index is 620. The zero-order chi connectivity index (χ0) is 18.0. The standard InChI is InChI=1S/C23H35N3.ClH/c1-2-3-4-11-16-21(24-17-19-12-7-5-8-13-19)23-25-18-22(26-23)20-14-9-6-10-15-20;/h6,9-10,14-15,18-19,21,24H,2-5,7-8,11-13,16-17H2,1H3,(H,25,26);1H. The van der Waals surface area contributed by atoms with E-state index >= 15 is 0 Å². The Balaban J connectivity index is 0.00000261. The first-order valence-corrected chi connectivity index (χ1v) is 10.7. The van der Waals surface area contributed by atoms with Crippen molar-refractivity contribution < 1.29 is 0 Å². The van der Waals surface area contributed by atoms with Gasteiger partial charge in [-0.2, -0.15) is 0 Å². The van der Waals surface area contributed by atoms with Crippen molar-refractivity contribution in [2.75, 3.05) is 6.54 Å². The summed E-state index contributed by atoms with van der Waals surface area (Å²) in [5.74, 6) is 1.96. The van der Waals surface area contributed by atoms with Gasteiger partial charge in [0.05, 0.1) is 17.9 Å². The molecule has 1 aromatic heterocycles. The van der Waals surface area contributed by atoms with Gasteiger partial charge in [-0.3, -0.25) is 0 Å². The summed E-state index contributed by atoms with van der Waals surface area (Å²) in [6, 6.07) is 10.9. The Hall–Kier alpha value is -1.32. The highest BCUT2D eigenvalue weighted by Gasteiger charge is 2.19. The van der Waals surface area contributed by atoms with Crippen molar-refractivity contribution in [3.05, 3.63) is 42.4 Å². The summed E-state index contributed by atoms with van der Waals surface area (Å²) >= 11 is 0. The second-order valence-electron chi connectivity index (χ2n) is 7.86. The molecule has 0 saturated heterocycles. The highest BCUT2D eigenvalue weighted by atomic mass is 35.5. The summed E-state index contributed by atoms with van der Waals surface area (Å²) in [5, 5.41) is 3.85. The molecule has 4 heteroatoms. The molecule has 1 heterocycles. The van der Waals surface area contributed by atoms with Gasteiger partial charge in [0.15, 0.2) is 0 Å². The number of hydrogen-bond acceptors (Lipinski definition) is 2. The number of imidazole rings is 1. The molecule has 1 fully saturated rings. The van der Waals surface area contributed by atoms with Crippen LogP contribution in [-0.2, 0) is 0 Å². The van der Waals surface area contributed by atoms with E-state index in [1.807, 2.05) is 6.20 Å². The molecular formula is C23H36ClN3. The summed E-state index contributed by atoms with van der Waals surface area (Å²) in [5.41, 5.74) is 2.34. The van der Waals surface area contributed by atoms with Crippen LogP contribution in [0.5, 0.6) is 0 Å². The normalized spacial score (nSPS) is 16.0. The average molecular weight is 390 g/mol. The minimum atomic E-state index is 0. The molecule has 27 heavy (non-hydrogen) atoms. The third-order valence-corrected chi connectivity index (χ3v) is 5.73. The molecule has 150 valence electrons. The lowest BCUT2D eigenvalue weighted by atomic mass is 9.89. The van der Waals surface area contributed by atoms with Gasteiger partial charge >= 0.3 is 0 Å². The SMILES string of the molecule is CCCCCCC(NCC1CCCCC1)c1ncc(-c2ccccc2)[nH]1.Cl. The maximum Gasteiger partial charge on any atom is 0.123 e. The van der Waals surface area contributed by atoms with Crippen molar-refractivity contribution in [2.24, 2.45) is 5.92 Å². The monoisotopic (exact) mass is 389 g/mol. The quantitative estimate of drug-likeness (QED) is 0.445. The zero-order valence-electron chi connectivity index (χ0n) is 16.8. The van der Waals surface area contributed by atoms with Gasteiger partial charge in [-0.1, -0.05) is 82.2 Å². The third-order valence-electron chi connectivity index (χ3n) is 5.73. The number of nitrogens with zero attached hydrogens (tertiary/aromatic N) is 1. The molecule has 1 aliphatic carbocycles. The van der Waals surface area contributed by atoms with Crippen LogP contribution in [0.2, 0.25) is 0 Å². The van der Waals surface area contributed by atoms with E-state index < -0.39 is 0 Å². The van der Waals surface area contributed by atoms with Gasteiger partial charge in [0.1, 0.15) is 5.82 Å². The van der Waals surface area contributed by atoms with Crippen LogP contribution >= 0.6 is 12.4 Å². The fraction of sp³-hybridized carbons (Fsp3) is 0.609. The first-order chi connectivity index (χ1) is 12.9. The lowest BCUT2D eigenvalue weighted by Gasteiger charge is -2.25. The highest BCUT2D eigenvalue weighted by molar-refractivity contribution is 5.85. The highest BCUT2D eigenvalue weighted by Crippen LogP contribution is 2.26. The predicted octanol–water partition coefficient (Wildman–Crippen LogP) is 6.68. The molecule has 0 amide bonds. The maximum atomic E-state index is 4.74. The predicted molar refractivity (Wildman–Crippen MR) is 117 cm³/mol. The molecule has 0 radical (unpaired) electrons. The van der Waals surface area contributed by atoms with Crippen LogP contribution in [0.1, 0.15) is 83.0 Å². The van der Waals surface area contributed by atoms with Crippen molar-refractivity contribution in [2.45, 2.75) is 77.2 Å². The number of rotatable bonds is 10. The Morgan fingerprint density at radius 2 is 1.85 bits per heavy atom. The summed E-state index contributed by atoms with van der Waals surface area (Å²) < 4.78 is 0. The zero-order valence-corrected chi connectivity index (χ0v) is 17.6. The van der Waals surface area contributed by atoms with Gasteiger partial charge < -0.3 is 10.3 Å². The Labute approximate surface area is 171 Å². The van der Waals surface area contributed by atoms with E-state index in [9.17, 15) is 0 Å². The molecule has 3 nitrogen and oxygen atoms in total. The molecule has 1 unspecified atom stereocenters. The van der Waals surface area contributed by atoms with Crippen molar-refractivity contribution in [1.82, 2.24) is 15.3 Å². The van der Waals surface area contributed by atoms with Crippen molar-refractivity contribution >= 4 is 12.4 Å². The van der Waals surface area contributed by atoms with Crippen molar-refractivity contribution in [1.29, 1.82) is 0 Å². The largest absolute Gasteiger partial charge is 0.341 e. The number of hydrogen-bond donors (Lipinski definition) is 2. The number of aromatic nitrogens is 2. The van der Waals surface area contributed by atoms with Gasteiger partial charge in [-0.15, -0.1) is 12.4 Å². The Kier molecular flexibility index (Phi) is 9.93. The minimum Gasteiger partial charge on any atom is -0.341 e. The van der Waals surface area contributed by atoms with E-state index in [0.29, 0.717) is 6.04 Å². The molecule has 1 atom stereocenters. The second kappa shape index (κ2) is 12.2. The van der Waals surface area contributed by atoms with Crippen LogP contribution in [0, 0.1) is 5.92 Å². The molecule has 2 N–H and O–H groups in total. The van der Waals surface area contributed by atoms with Gasteiger partial charge in [-0.05, 0) is 37.3 Å². The first kappa shape index (κ1) is 22.0. The van der Waals surface area contributed by atoms with E-state index in [4.69, 9.17) is 4.98 Å². The van der Waals surface area contributed by atoms with Gasteiger partial charge in [0.2, 0.25) is 0 Å². The summed E-state index contributed by atoms with van der Waals surface area (Å²) in [7, 11) is 0. The molecule has 0 aliphatic heterocycles. The fourth-order valence-electron chi connectivity index (χ4n) is 4.09. The summed E-state index contributed by atoms with van der Waals surface area (Å²) in [6.45, 7) is 3.41. The molecule has 0 bridgehead atoms. The van der Waals surface area contributed by atoms with Gasteiger partial charge in [0.25, 0.3) is 0 Å². The van der Waals surface area contributed by atoms with Crippen LogP contribution in [-0.4, -0.2) is 16.5 Å². The number of nitrogens with one attached hydrogen (secondary N) is 2. The Morgan fingerprint density at radius 1 is 1.07 bits per heavy atom. The smallest absolute Gasteiger partial charge is 0.123 e. The number of aromatic amines is 1. The molecule has 0 spiro atoms. The van der Waals surface area contributed by atoms with Crippen LogP contribution in [0.25, 0.3) is 11.3 Å². The van der Waals surface area contributed by atoms with E-state index in [-0.39, 0.29) is 12.4 Å². The van der Waals surface area contributed by atoms with Crippen molar-refractivity contribution in [3.63, 3.8) is 0 Å². The molecular weight excluding hydrogens is 354 g/mol. The number of H-pyrrole nitrogens is 1. The second-order valence-corrected chi connectivity index (χ2v) is 7.86. The van der Waals surface area contributed by atoms with Crippen LogP contribution in [0.3, 0.4) is 0 Å². The van der Waals surface area contributed by atoms with E-state index in [2.05, 4.69) is 47.6 Å². The minimum absolute atomic E-state index is 0. The molecule has 3 rings (SSSR count). The molecule has 1 aliphatic rings.